The first-order valence-electron chi connectivity index (χ1n) is 4.74. The first kappa shape index (κ1) is 15.0. The van der Waals surface area contributed by atoms with Crippen LogP contribution in [-0.2, 0) is 10.0 Å². The normalized spacial score (nSPS) is 11.3. The predicted octanol–water partition coefficient (Wildman–Crippen LogP) is 0.594. The number of halogens is 2. The number of hydrogen-bond donors (Lipinski definition) is 3. The summed E-state index contributed by atoms with van der Waals surface area (Å²) in [4.78, 5) is 11.6. The van der Waals surface area contributed by atoms with Gasteiger partial charge in [0.2, 0.25) is 10.0 Å². The van der Waals surface area contributed by atoms with Gasteiger partial charge in [0.15, 0.2) is 0 Å². The number of anilines is 1. The number of nitrogens with two attached hydrogens (primary N) is 2. The van der Waals surface area contributed by atoms with E-state index in [0.717, 1.165) is 0 Å². The Morgan fingerprint density at radius 1 is 1.28 bits per heavy atom. The van der Waals surface area contributed by atoms with E-state index in [0.29, 0.717) is 0 Å². The fraction of sp³-hybridized carbons (Fsp3) is 0.222. The number of benzene rings is 1. The average Bonchev–Trinajstić information content (AvgIpc) is 2.23. The number of nitrogens with one attached hydrogen (secondary N) is 1. The van der Waals surface area contributed by atoms with Crippen LogP contribution in [0.5, 0.6) is 0 Å². The minimum absolute atomic E-state index is 0.0999. The molecule has 0 fully saturated rings. The molecule has 6 nitrogen and oxygen atoms in total. The SMILES string of the molecule is Nc1c(Cl)cc(C(=O)NCCS(N)(=O)=O)cc1Cl. The van der Waals surface area contributed by atoms with Crippen LogP contribution >= 0.6 is 23.2 Å². The van der Waals surface area contributed by atoms with Crippen molar-refractivity contribution >= 4 is 44.8 Å². The molecule has 5 N–H and O–H groups in total. The Balaban J connectivity index is 2.74. The van der Waals surface area contributed by atoms with Crippen LogP contribution in [-0.4, -0.2) is 26.6 Å². The summed E-state index contributed by atoms with van der Waals surface area (Å²) in [6, 6.07) is 2.68. The van der Waals surface area contributed by atoms with Crippen molar-refractivity contribution in [3.63, 3.8) is 0 Å². The minimum atomic E-state index is -3.61. The molecule has 0 unspecified atom stereocenters. The minimum Gasteiger partial charge on any atom is -0.396 e. The summed E-state index contributed by atoms with van der Waals surface area (Å²) in [5.74, 6) is -0.864. The number of primary sulfonamides is 1. The molecule has 9 heteroatoms. The molecule has 1 amide bonds. The second-order valence-electron chi connectivity index (χ2n) is 3.48. The molecular weight excluding hydrogens is 301 g/mol. The van der Waals surface area contributed by atoms with Gasteiger partial charge in [0.1, 0.15) is 0 Å². The lowest BCUT2D eigenvalue weighted by molar-refractivity contribution is 0.0956. The third-order valence-corrected chi connectivity index (χ3v) is 3.41. The van der Waals surface area contributed by atoms with Crippen LogP contribution in [0.3, 0.4) is 0 Å². The highest BCUT2D eigenvalue weighted by Gasteiger charge is 2.11. The summed E-state index contributed by atoms with van der Waals surface area (Å²) in [6.07, 6.45) is 0. The van der Waals surface area contributed by atoms with E-state index >= 15 is 0 Å². The number of carbonyl (C=O) groups is 1. The van der Waals surface area contributed by atoms with Crippen molar-refractivity contribution in [2.75, 3.05) is 18.0 Å². The first-order chi connectivity index (χ1) is 8.20. The number of sulfonamides is 1. The van der Waals surface area contributed by atoms with Gasteiger partial charge < -0.3 is 11.1 Å². The molecule has 0 aliphatic heterocycles. The van der Waals surface area contributed by atoms with Crippen molar-refractivity contribution in [1.29, 1.82) is 0 Å². The van der Waals surface area contributed by atoms with E-state index in [1.807, 2.05) is 0 Å². The molecule has 1 aromatic carbocycles. The van der Waals surface area contributed by atoms with Gasteiger partial charge in [-0.2, -0.15) is 0 Å². The summed E-state index contributed by atoms with van der Waals surface area (Å²) in [6.45, 7) is -0.0999. The Hall–Kier alpha value is -1.02. The van der Waals surface area contributed by atoms with E-state index in [9.17, 15) is 13.2 Å². The predicted molar refractivity (Wildman–Crippen MR) is 71.2 cm³/mol. The highest BCUT2D eigenvalue weighted by atomic mass is 35.5. The largest absolute Gasteiger partial charge is 0.396 e. The van der Waals surface area contributed by atoms with Crippen LogP contribution in [0.15, 0.2) is 12.1 Å². The van der Waals surface area contributed by atoms with Crippen LogP contribution < -0.4 is 16.2 Å². The van der Waals surface area contributed by atoms with E-state index < -0.39 is 15.9 Å². The fourth-order valence-electron chi connectivity index (χ4n) is 1.12. The van der Waals surface area contributed by atoms with E-state index in [2.05, 4.69) is 5.32 Å². The summed E-state index contributed by atoms with van der Waals surface area (Å²) < 4.78 is 21.3. The molecular formula is C9H11Cl2N3O3S. The van der Waals surface area contributed by atoms with Gasteiger partial charge >= 0.3 is 0 Å². The van der Waals surface area contributed by atoms with E-state index in [-0.39, 0.29) is 33.6 Å². The maximum absolute atomic E-state index is 11.6. The Kier molecular flexibility index (Phi) is 4.80. The van der Waals surface area contributed by atoms with E-state index in [1.165, 1.54) is 12.1 Å². The van der Waals surface area contributed by atoms with E-state index in [1.54, 1.807) is 0 Å². The number of amides is 1. The van der Waals surface area contributed by atoms with Crippen molar-refractivity contribution < 1.29 is 13.2 Å². The quantitative estimate of drug-likeness (QED) is 0.706. The molecule has 0 radical (unpaired) electrons. The molecule has 0 heterocycles. The van der Waals surface area contributed by atoms with Gasteiger partial charge in [-0.25, -0.2) is 13.6 Å². The molecule has 0 aliphatic carbocycles. The first-order valence-corrected chi connectivity index (χ1v) is 7.21. The lowest BCUT2D eigenvalue weighted by Gasteiger charge is -2.07. The third-order valence-electron chi connectivity index (χ3n) is 2.01. The standard InChI is InChI=1S/C9H11Cl2N3O3S/c10-6-3-5(4-7(11)8(6)12)9(15)14-1-2-18(13,16)17/h3-4H,1-2,12H2,(H,14,15)(H2,13,16,17). The van der Waals surface area contributed by atoms with Crippen LogP contribution in [0.2, 0.25) is 10.0 Å². The molecule has 1 rings (SSSR count). The van der Waals surface area contributed by atoms with Gasteiger partial charge in [0, 0.05) is 12.1 Å². The maximum Gasteiger partial charge on any atom is 0.251 e. The van der Waals surface area contributed by atoms with Gasteiger partial charge in [-0.05, 0) is 12.1 Å². The zero-order chi connectivity index (χ0) is 13.9. The Morgan fingerprint density at radius 2 is 1.78 bits per heavy atom. The van der Waals surface area contributed by atoms with Crippen molar-refractivity contribution in [1.82, 2.24) is 5.32 Å². The molecule has 0 aliphatic rings. The molecule has 100 valence electrons. The lowest BCUT2D eigenvalue weighted by Crippen LogP contribution is -2.31. The summed E-state index contributed by atoms with van der Waals surface area (Å²) in [5.41, 5.74) is 5.89. The molecule has 0 aromatic heterocycles. The van der Waals surface area contributed by atoms with Crippen LogP contribution in [0.4, 0.5) is 5.69 Å². The monoisotopic (exact) mass is 311 g/mol. The number of nitrogen functional groups attached to an aromatic ring is 1. The maximum atomic E-state index is 11.6. The number of rotatable bonds is 4. The second kappa shape index (κ2) is 5.75. The zero-order valence-corrected chi connectivity index (χ0v) is 11.4. The van der Waals surface area contributed by atoms with Crippen molar-refractivity contribution in [2.45, 2.75) is 0 Å². The smallest absolute Gasteiger partial charge is 0.251 e. The molecule has 1 aromatic rings. The number of carbonyl (C=O) groups excluding carboxylic acids is 1. The Bertz CT molecular complexity index is 551. The van der Waals surface area contributed by atoms with Crippen LogP contribution in [0.1, 0.15) is 10.4 Å². The summed E-state index contributed by atoms with van der Waals surface area (Å²) in [5, 5.41) is 7.47. The van der Waals surface area contributed by atoms with Gasteiger partial charge in [-0.3, -0.25) is 4.79 Å². The Labute approximate surface area is 114 Å². The Morgan fingerprint density at radius 3 is 2.22 bits per heavy atom. The fourth-order valence-corrected chi connectivity index (χ4v) is 2.00. The van der Waals surface area contributed by atoms with Crippen LogP contribution in [0, 0.1) is 0 Å². The molecule has 0 saturated carbocycles. The summed E-state index contributed by atoms with van der Waals surface area (Å²) in [7, 11) is -3.61. The van der Waals surface area contributed by atoms with Gasteiger partial charge in [-0.15, -0.1) is 0 Å². The average molecular weight is 312 g/mol. The molecule has 0 saturated heterocycles. The van der Waals surface area contributed by atoms with Gasteiger partial charge in [0.25, 0.3) is 5.91 Å². The molecule has 18 heavy (non-hydrogen) atoms. The highest BCUT2D eigenvalue weighted by Crippen LogP contribution is 2.28. The van der Waals surface area contributed by atoms with Gasteiger partial charge in [-0.1, -0.05) is 23.2 Å². The van der Waals surface area contributed by atoms with Crippen molar-refractivity contribution in [2.24, 2.45) is 5.14 Å². The molecule has 0 atom stereocenters. The molecule has 0 bridgehead atoms. The lowest BCUT2D eigenvalue weighted by atomic mass is 10.2. The molecule has 0 spiro atoms. The highest BCUT2D eigenvalue weighted by molar-refractivity contribution is 7.89. The van der Waals surface area contributed by atoms with Crippen molar-refractivity contribution in [3.8, 4) is 0 Å². The summed E-state index contributed by atoms with van der Waals surface area (Å²) >= 11 is 11.5. The zero-order valence-electron chi connectivity index (χ0n) is 9.11. The van der Waals surface area contributed by atoms with Gasteiger partial charge in [0.05, 0.1) is 21.5 Å². The van der Waals surface area contributed by atoms with E-state index in [4.69, 9.17) is 34.1 Å². The topological polar surface area (TPSA) is 115 Å². The number of hydrogen-bond acceptors (Lipinski definition) is 4. The van der Waals surface area contributed by atoms with Crippen LogP contribution in [0.25, 0.3) is 0 Å². The third kappa shape index (κ3) is 4.34. The van der Waals surface area contributed by atoms with Crippen molar-refractivity contribution in [3.05, 3.63) is 27.7 Å². The second-order valence-corrected chi connectivity index (χ2v) is 6.02.